The second-order valence-corrected chi connectivity index (χ2v) is 8.00. The Kier molecular flexibility index (Phi) is 6.09. The van der Waals surface area contributed by atoms with E-state index in [1.54, 1.807) is 16.7 Å². The molecule has 0 saturated carbocycles. The van der Waals surface area contributed by atoms with Crippen LogP contribution in [0.1, 0.15) is 24.2 Å². The molecule has 2 aliphatic rings. The average Bonchev–Trinajstić information content (AvgIpc) is 2.90. The molecule has 2 fully saturated rings. The summed E-state index contributed by atoms with van der Waals surface area (Å²) in [6.07, 6.45) is 0.761. The zero-order valence-corrected chi connectivity index (χ0v) is 16.3. The first-order valence-electron chi connectivity index (χ1n) is 8.78. The Balaban J connectivity index is 1.66. The summed E-state index contributed by atoms with van der Waals surface area (Å²) < 4.78 is 0. The monoisotopic (exact) mass is 395 g/mol. The molecule has 8 heteroatoms. The Bertz CT molecular complexity index is 715. The Morgan fingerprint density at radius 3 is 2.65 bits per heavy atom. The van der Waals surface area contributed by atoms with Crippen molar-refractivity contribution < 1.29 is 14.4 Å². The lowest BCUT2D eigenvalue weighted by molar-refractivity contribution is -0.153. The second kappa shape index (κ2) is 8.31. The molecule has 4 amide bonds. The molecule has 0 spiro atoms. The van der Waals surface area contributed by atoms with Gasteiger partial charge in [-0.25, -0.2) is 4.79 Å². The SMILES string of the molecule is CCN1CCN(C(=O)N2CCS[C@H](c3ccccc3Cl)CC2)C(=O)C1=O. The van der Waals surface area contributed by atoms with Gasteiger partial charge in [-0.3, -0.25) is 14.5 Å². The molecule has 6 nitrogen and oxygen atoms in total. The van der Waals surface area contributed by atoms with Gasteiger partial charge < -0.3 is 9.80 Å². The molecule has 1 aromatic rings. The smallest absolute Gasteiger partial charge is 0.327 e. The first kappa shape index (κ1) is 19.0. The van der Waals surface area contributed by atoms with Crippen LogP contribution in [0.4, 0.5) is 4.79 Å². The third kappa shape index (κ3) is 3.83. The predicted molar refractivity (Wildman–Crippen MR) is 102 cm³/mol. The molecule has 1 aromatic carbocycles. The molecule has 26 heavy (non-hydrogen) atoms. The molecule has 0 unspecified atom stereocenters. The number of imide groups is 1. The Labute approximate surface area is 162 Å². The van der Waals surface area contributed by atoms with E-state index in [4.69, 9.17) is 11.6 Å². The standard InChI is InChI=1S/C18H22ClN3O3S/c1-2-20-9-10-22(17(24)16(20)23)18(25)21-8-7-15(26-12-11-21)13-5-3-4-6-14(13)19/h3-6,15H,2,7-12H2,1H3/t15-/m0/s1. The first-order chi connectivity index (χ1) is 12.5. The van der Waals surface area contributed by atoms with Gasteiger partial charge >= 0.3 is 17.8 Å². The molecule has 140 valence electrons. The summed E-state index contributed by atoms with van der Waals surface area (Å²) in [7, 11) is 0. The van der Waals surface area contributed by atoms with Crippen LogP contribution < -0.4 is 0 Å². The summed E-state index contributed by atoms with van der Waals surface area (Å²) in [4.78, 5) is 41.3. The van der Waals surface area contributed by atoms with Gasteiger partial charge in [-0.05, 0) is 25.0 Å². The lowest BCUT2D eigenvalue weighted by Crippen LogP contribution is -2.58. The topological polar surface area (TPSA) is 60.9 Å². The van der Waals surface area contributed by atoms with Crippen LogP contribution in [-0.2, 0) is 9.59 Å². The number of likely N-dealkylation sites (N-methyl/N-ethyl adjacent to an activating group) is 1. The number of piperazine rings is 1. The van der Waals surface area contributed by atoms with Gasteiger partial charge in [0.15, 0.2) is 0 Å². The van der Waals surface area contributed by atoms with Crippen LogP contribution in [0.2, 0.25) is 5.02 Å². The summed E-state index contributed by atoms with van der Waals surface area (Å²) in [6.45, 7) is 4.06. The van der Waals surface area contributed by atoms with E-state index in [1.165, 1.54) is 4.90 Å². The average molecular weight is 396 g/mol. The maximum absolute atomic E-state index is 12.8. The highest BCUT2D eigenvalue weighted by Gasteiger charge is 2.37. The summed E-state index contributed by atoms with van der Waals surface area (Å²) in [5, 5.41) is 0.956. The largest absolute Gasteiger partial charge is 0.333 e. The summed E-state index contributed by atoms with van der Waals surface area (Å²) in [6, 6.07) is 7.40. The van der Waals surface area contributed by atoms with E-state index >= 15 is 0 Å². The number of hydrogen-bond donors (Lipinski definition) is 0. The molecule has 2 heterocycles. The van der Waals surface area contributed by atoms with E-state index in [0.29, 0.717) is 26.2 Å². The molecule has 0 aliphatic carbocycles. The van der Waals surface area contributed by atoms with Gasteiger partial charge in [0.2, 0.25) is 0 Å². The van der Waals surface area contributed by atoms with E-state index in [1.807, 2.05) is 31.2 Å². The molecule has 3 rings (SSSR count). The molecule has 0 N–H and O–H groups in total. The van der Waals surface area contributed by atoms with Crippen molar-refractivity contribution in [2.24, 2.45) is 0 Å². The third-order valence-corrected chi connectivity index (χ3v) is 6.44. The van der Waals surface area contributed by atoms with E-state index in [9.17, 15) is 14.4 Å². The minimum atomic E-state index is -0.720. The van der Waals surface area contributed by atoms with E-state index in [0.717, 1.165) is 27.7 Å². The van der Waals surface area contributed by atoms with Gasteiger partial charge in [-0.1, -0.05) is 29.8 Å². The van der Waals surface area contributed by atoms with Crippen molar-refractivity contribution in [2.75, 3.05) is 38.5 Å². The molecule has 2 aliphatic heterocycles. The highest BCUT2D eigenvalue weighted by Crippen LogP contribution is 2.37. The van der Waals surface area contributed by atoms with Gasteiger partial charge in [0, 0.05) is 48.7 Å². The quantitative estimate of drug-likeness (QED) is 0.722. The Morgan fingerprint density at radius 2 is 1.92 bits per heavy atom. The van der Waals surface area contributed by atoms with Crippen LogP contribution in [0.15, 0.2) is 24.3 Å². The summed E-state index contributed by atoms with van der Waals surface area (Å²) in [5.74, 6) is -0.550. The van der Waals surface area contributed by atoms with Crippen LogP contribution in [0.3, 0.4) is 0 Å². The van der Waals surface area contributed by atoms with E-state index < -0.39 is 11.8 Å². The van der Waals surface area contributed by atoms with Crippen molar-refractivity contribution in [1.29, 1.82) is 0 Å². The number of urea groups is 1. The van der Waals surface area contributed by atoms with Crippen LogP contribution in [0, 0.1) is 0 Å². The number of amides is 4. The minimum Gasteiger partial charge on any atom is -0.333 e. The van der Waals surface area contributed by atoms with Gasteiger partial charge in [0.25, 0.3) is 0 Å². The van der Waals surface area contributed by atoms with Crippen molar-refractivity contribution >= 4 is 41.2 Å². The number of halogens is 1. The number of hydrogen-bond acceptors (Lipinski definition) is 4. The van der Waals surface area contributed by atoms with Crippen LogP contribution in [-0.4, -0.2) is 71.0 Å². The van der Waals surface area contributed by atoms with Crippen molar-refractivity contribution in [3.8, 4) is 0 Å². The van der Waals surface area contributed by atoms with Gasteiger partial charge in [0.05, 0.1) is 0 Å². The molecule has 2 saturated heterocycles. The number of benzene rings is 1. The van der Waals surface area contributed by atoms with Gasteiger partial charge in [-0.15, -0.1) is 0 Å². The van der Waals surface area contributed by atoms with Crippen LogP contribution >= 0.6 is 23.4 Å². The number of rotatable bonds is 2. The van der Waals surface area contributed by atoms with Crippen molar-refractivity contribution in [2.45, 2.75) is 18.6 Å². The lowest BCUT2D eigenvalue weighted by atomic mass is 10.1. The van der Waals surface area contributed by atoms with Crippen LogP contribution in [0.5, 0.6) is 0 Å². The maximum atomic E-state index is 12.8. The van der Waals surface area contributed by atoms with Gasteiger partial charge in [-0.2, -0.15) is 11.8 Å². The molecule has 0 bridgehead atoms. The fourth-order valence-electron chi connectivity index (χ4n) is 3.28. The fourth-order valence-corrected chi connectivity index (χ4v) is 4.88. The van der Waals surface area contributed by atoms with Crippen LogP contribution in [0.25, 0.3) is 0 Å². The molecule has 1 atom stereocenters. The zero-order chi connectivity index (χ0) is 18.7. The van der Waals surface area contributed by atoms with Crippen molar-refractivity contribution in [1.82, 2.24) is 14.7 Å². The molecular formula is C18H22ClN3O3S. The summed E-state index contributed by atoms with van der Waals surface area (Å²) in [5.41, 5.74) is 1.08. The lowest BCUT2D eigenvalue weighted by Gasteiger charge is -2.34. The third-order valence-electron chi connectivity index (χ3n) is 4.79. The molecule has 0 aromatic heterocycles. The highest BCUT2D eigenvalue weighted by atomic mass is 35.5. The van der Waals surface area contributed by atoms with Crippen molar-refractivity contribution in [3.63, 3.8) is 0 Å². The predicted octanol–water partition coefficient (Wildman–Crippen LogP) is 2.63. The van der Waals surface area contributed by atoms with E-state index in [-0.39, 0.29) is 17.8 Å². The number of carbonyl (C=O) groups excluding carboxylic acids is 3. The molecule has 0 radical (unpaired) electrons. The Morgan fingerprint density at radius 1 is 1.15 bits per heavy atom. The highest BCUT2D eigenvalue weighted by molar-refractivity contribution is 7.99. The number of thioether (sulfide) groups is 1. The first-order valence-corrected chi connectivity index (χ1v) is 10.2. The normalized spacial score (nSPS) is 21.8. The Hall–Kier alpha value is -1.73. The van der Waals surface area contributed by atoms with Gasteiger partial charge in [0.1, 0.15) is 0 Å². The van der Waals surface area contributed by atoms with Crippen molar-refractivity contribution in [3.05, 3.63) is 34.9 Å². The maximum Gasteiger partial charge on any atom is 0.327 e. The fraction of sp³-hybridized carbons (Fsp3) is 0.500. The minimum absolute atomic E-state index is 0.218. The van der Waals surface area contributed by atoms with E-state index in [2.05, 4.69) is 0 Å². The number of nitrogens with zero attached hydrogens (tertiary/aromatic N) is 3. The summed E-state index contributed by atoms with van der Waals surface area (Å²) >= 11 is 8.07. The zero-order valence-electron chi connectivity index (χ0n) is 14.7. The molecular weight excluding hydrogens is 374 g/mol. The number of carbonyl (C=O) groups is 3. The second-order valence-electron chi connectivity index (χ2n) is 6.28.